The zero-order valence-electron chi connectivity index (χ0n) is 8.19. The molecular weight excluding hydrogens is 212 g/mol. The highest BCUT2D eigenvalue weighted by Gasteiger charge is 2.13. The van der Waals surface area contributed by atoms with Gasteiger partial charge in [-0.25, -0.2) is 4.98 Å². The Morgan fingerprint density at radius 2 is 2.40 bits per heavy atom. The quantitative estimate of drug-likeness (QED) is 0.807. The maximum atomic E-state index is 11.8. The minimum Gasteiger partial charge on any atom is -0.472 e. The largest absolute Gasteiger partial charge is 0.472 e. The van der Waals surface area contributed by atoms with Crippen LogP contribution < -0.4 is 5.73 Å². The molecular formula is C10H10N2O2S. The highest BCUT2D eigenvalue weighted by molar-refractivity contribution is 7.13. The molecule has 0 bridgehead atoms. The molecule has 2 aromatic rings. The fraction of sp³-hybridized carbons (Fsp3) is 0.200. The molecule has 0 aromatic carbocycles. The van der Waals surface area contributed by atoms with Crippen LogP contribution >= 0.6 is 11.3 Å². The first-order valence-corrected chi connectivity index (χ1v) is 5.30. The SMILES string of the molecule is Cc1cocc1C(=O)Cc1csc(N)n1. The molecule has 2 rings (SSSR count). The second-order valence-electron chi connectivity index (χ2n) is 3.25. The van der Waals surface area contributed by atoms with Crippen LogP contribution in [0.2, 0.25) is 0 Å². The van der Waals surface area contributed by atoms with Gasteiger partial charge in [-0.15, -0.1) is 11.3 Å². The lowest BCUT2D eigenvalue weighted by Gasteiger charge is -1.95. The number of furan rings is 1. The van der Waals surface area contributed by atoms with E-state index in [1.54, 1.807) is 11.6 Å². The molecule has 0 saturated carbocycles. The molecule has 5 heteroatoms. The molecule has 0 fully saturated rings. The topological polar surface area (TPSA) is 69.1 Å². The van der Waals surface area contributed by atoms with Gasteiger partial charge in [0.25, 0.3) is 0 Å². The molecule has 2 heterocycles. The second kappa shape index (κ2) is 3.86. The van der Waals surface area contributed by atoms with Gasteiger partial charge in [0.1, 0.15) is 6.26 Å². The number of nitrogen functional groups attached to an aromatic ring is 1. The number of carbonyl (C=O) groups excluding carboxylic acids is 1. The van der Waals surface area contributed by atoms with E-state index in [1.165, 1.54) is 17.6 Å². The van der Waals surface area contributed by atoms with Gasteiger partial charge in [0.15, 0.2) is 10.9 Å². The number of hydrogen-bond donors (Lipinski definition) is 1. The number of thiazole rings is 1. The molecule has 0 atom stereocenters. The number of ketones is 1. The standard InChI is InChI=1S/C10H10N2O2S/c1-6-3-14-4-8(6)9(13)2-7-5-15-10(11)12-7/h3-5H,2H2,1H3,(H2,11,12). The van der Waals surface area contributed by atoms with Crippen molar-refractivity contribution in [2.75, 3.05) is 5.73 Å². The average molecular weight is 222 g/mol. The van der Waals surface area contributed by atoms with E-state index >= 15 is 0 Å². The Bertz CT molecular complexity index is 487. The third-order valence-corrected chi connectivity index (χ3v) is 2.79. The van der Waals surface area contributed by atoms with Gasteiger partial charge in [-0.05, 0) is 12.5 Å². The summed E-state index contributed by atoms with van der Waals surface area (Å²) in [4.78, 5) is 15.8. The van der Waals surface area contributed by atoms with E-state index in [1.807, 2.05) is 6.92 Å². The second-order valence-corrected chi connectivity index (χ2v) is 4.14. The van der Waals surface area contributed by atoms with Crippen molar-refractivity contribution in [3.63, 3.8) is 0 Å². The van der Waals surface area contributed by atoms with Gasteiger partial charge in [-0.1, -0.05) is 0 Å². The maximum Gasteiger partial charge on any atom is 0.180 e. The van der Waals surface area contributed by atoms with E-state index < -0.39 is 0 Å². The zero-order chi connectivity index (χ0) is 10.8. The molecule has 0 amide bonds. The van der Waals surface area contributed by atoms with E-state index in [4.69, 9.17) is 10.2 Å². The summed E-state index contributed by atoms with van der Waals surface area (Å²) in [7, 11) is 0. The Labute approximate surface area is 90.7 Å². The third-order valence-electron chi connectivity index (χ3n) is 2.07. The van der Waals surface area contributed by atoms with Gasteiger partial charge in [0.2, 0.25) is 0 Å². The summed E-state index contributed by atoms with van der Waals surface area (Å²) >= 11 is 1.34. The number of Topliss-reactive ketones (excluding diaryl/α,β-unsaturated/α-hetero) is 1. The molecule has 0 radical (unpaired) electrons. The molecule has 15 heavy (non-hydrogen) atoms. The normalized spacial score (nSPS) is 10.5. The predicted octanol–water partition coefficient (Wildman–Crippen LogP) is 2.05. The number of hydrogen-bond acceptors (Lipinski definition) is 5. The Morgan fingerprint density at radius 3 is 2.93 bits per heavy atom. The number of anilines is 1. The highest BCUT2D eigenvalue weighted by atomic mass is 32.1. The van der Waals surface area contributed by atoms with E-state index in [0.29, 0.717) is 16.4 Å². The number of rotatable bonds is 3. The molecule has 0 saturated heterocycles. The molecule has 2 N–H and O–H groups in total. The lowest BCUT2D eigenvalue weighted by molar-refractivity contribution is 0.0991. The van der Waals surface area contributed by atoms with Crippen molar-refractivity contribution in [3.8, 4) is 0 Å². The average Bonchev–Trinajstić information content (AvgIpc) is 2.75. The van der Waals surface area contributed by atoms with Crippen LogP contribution in [-0.4, -0.2) is 10.8 Å². The molecule has 0 aliphatic carbocycles. The van der Waals surface area contributed by atoms with Gasteiger partial charge < -0.3 is 10.2 Å². The summed E-state index contributed by atoms with van der Waals surface area (Å²) < 4.78 is 4.95. The van der Waals surface area contributed by atoms with Crippen LogP contribution in [0, 0.1) is 6.92 Å². The van der Waals surface area contributed by atoms with Crippen LogP contribution in [-0.2, 0) is 6.42 Å². The van der Waals surface area contributed by atoms with Gasteiger partial charge in [0, 0.05) is 5.38 Å². The molecule has 0 aliphatic rings. The first kappa shape index (κ1) is 9.92. The Kier molecular flexibility index (Phi) is 2.55. The fourth-order valence-electron chi connectivity index (χ4n) is 1.31. The number of nitrogens with zero attached hydrogens (tertiary/aromatic N) is 1. The van der Waals surface area contributed by atoms with Crippen LogP contribution in [0.4, 0.5) is 5.13 Å². The van der Waals surface area contributed by atoms with Crippen molar-refractivity contribution >= 4 is 22.3 Å². The van der Waals surface area contributed by atoms with Gasteiger partial charge in [-0.3, -0.25) is 4.79 Å². The third kappa shape index (κ3) is 2.07. The molecule has 0 unspecified atom stereocenters. The van der Waals surface area contributed by atoms with Crippen LogP contribution in [0.25, 0.3) is 0 Å². The summed E-state index contributed by atoms with van der Waals surface area (Å²) in [5, 5.41) is 2.28. The van der Waals surface area contributed by atoms with Crippen molar-refractivity contribution in [3.05, 3.63) is 34.7 Å². The summed E-state index contributed by atoms with van der Waals surface area (Å²) in [5.74, 6) is 0.00606. The van der Waals surface area contributed by atoms with Crippen molar-refractivity contribution in [1.29, 1.82) is 0 Å². The lowest BCUT2D eigenvalue weighted by atomic mass is 10.1. The van der Waals surface area contributed by atoms with E-state index in [2.05, 4.69) is 4.98 Å². The van der Waals surface area contributed by atoms with Crippen LogP contribution in [0.15, 0.2) is 22.3 Å². The van der Waals surface area contributed by atoms with Crippen molar-refractivity contribution in [2.45, 2.75) is 13.3 Å². The first-order chi connectivity index (χ1) is 7.16. The summed E-state index contributed by atoms with van der Waals surface area (Å²) in [6.45, 7) is 1.84. The monoisotopic (exact) mass is 222 g/mol. The van der Waals surface area contributed by atoms with E-state index in [-0.39, 0.29) is 12.2 Å². The van der Waals surface area contributed by atoms with Crippen LogP contribution in [0.3, 0.4) is 0 Å². The summed E-state index contributed by atoms with van der Waals surface area (Å²) in [6.07, 6.45) is 3.30. The molecule has 78 valence electrons. The number of aryl methyl sites for hydroxylation is 1. The van der Waals surface area contributed by atoms with E-state index in [9.17, 15) is 4.79 Å². The number of carbonyl (C=O) groups is 1. The molecule has 2 aromatic heterocycles. The minimum absolute atomic E-state index is 0.00606. The summed E-state index contributed by atoms with van der Waals surface area (Å²) in [6, 6.07) is 0. The lowest BCUT2D eigenvalue weighted by Crippen LogP contribution is -2.04. The Morgan fingerprint density at radius 1 is 1.60 bits per heavy atom. The van der Waals surface area contributed by atoms with Crippen molar-refractivity contribution < 1.29 is 9.21 Å². The smallest absolute Gasteiger partial charge is 0.180 e. The Balaban J connectivity index is 2.14. The zero-order valence-corrected chi connectivity index (χ0v) is 9.00. The first-order valence-electron chi connectivity index (χ1n) is 4.42. The maximum absolute atomic E-state index is 11.8. The van der Waals surface area contributed by atoms with Crippen molar-refractivity contribution in [1.82, 2.24) is 4.98 Å². The fourth-order valence-corrected chi connectivity index (χ4v) is 1.87. The molecule has 4 nitrogen and oxygen atoms in total. The minimum atomic E-state index is 0.00606. The molecule has 0 aliphatic heterocycles. The van der Waals surface area contributed by atoms with Gasteiger partial charge in [0.05, 0.1) is 23.9 Å². The highest BCUT2D eigenvalue weighted by Crippen LogP contribution is 2.15. The van der Waals surface area contributed by atoms with Crippen LogP contribution in [0.1, 0.15) is 21.6 Å². The van der Waals surface area contributed by atoms with Gasteiger partial charge >= 0.3 is 0 Å². The van der Waals surface area contributed by atoms with Gasteiger partial charge in [-0.2, -0.15) is 0 Å². The van der Waals surface area contributed by atoms with E-state index in [0.717, 1.165) is 5.56 Å². The summed E-state index contributed by atoms with van der Waals surface area (Å²) in [5.41, 5.74) is 7.65. The van der Waals surface area contributed by atoms with Crippen LogP contribution in [0.5, 0.6) is 0 Å². The number of nitrogens with two attached hydrogens (primary N) is 1. The van der Waals surface area contributed by atoms with Crippen molar-refractivity contribution in [2.24, 2.45) is 0 Å². The predicted molar refractivity (Wildman–Crippen MR) is 58.0 cm³/mol. The number of aromatic nitrogens is 1. The Hall–Kier alpha value is -1.62. The molecule has 0 spiro atoms.